The van der Waals surface area contributed by atoms with E-state index in [2.05, 4.69) is 11.5 Å². The van der Waals surface area contributed by atoms with Crippen molar-refractivity contribution in [1.29, 1.82) is 0 Å². The Morgan fingerprint density at radius 3 is 2.91 bits per heavy atom. The average molecular weight is 479 g/mol. The standard InChI is InChI=1S/C28H34N2O5/c1-4-13-30-14-12-27-17-21(29(2)24(32)8-5-19-10-15-35-18-19)9-11-28(27,33)23(30)16-20-6-7-22(31)26(34-3)25(20)27/h4-8,10,15,18,21,23,31,33H,1,9,11-14,16-17H2,2-3H3/b8-5+/t21-,23-,27-,28-/m1/s1. The number of rotatable bonds is 6. The summed E-state index contributed by atoms with van der Waals surface area (Å²) in [7, 11) is 3.40. The number of phenols is 1. The van der Waals surface area contributed by atoms with Gasteiger partial charge in [-0.3, -0.25) is 9.69 Å². The number of fused-ring (bicyclic) bond motifs is 1. The van der Waals surface area contributed by atoms with Gasteiger partial charge in [0.25, 0.3) is 0 Å². The number of likely N-dealkylation sites (N-methyl/N-ethyl adjacent to an activating group) is 1. The number of nitrogens with zero attached hydrogens (tertiary/aromatic N) is 2. The molecule has 4 atom stereocenters. The number of amides is 1. The van der Waals surface area contributed by atoms with E-state index in [4.69, 9.17) is 9.15 Å². The van der Waals surface area contributed by atoms with Crippen molar-refractivity contribution in [2.75, 3.05) is 27.2 Å². The first-order chi connectivity index (χ1) is 16.8. The number of ether oxygens (including phenoxy) is 1. The lowest BCUT2D eigenvalue weighted by atomic mass is 9.48. The average Bonchev–Trinajstić information content (AvgIpc) is 3.37. The molecule has 0 spiro atoms. The number of carbonyl (C=O) groups is 1. The maximum atomic E-state index is 13.1. The zero-order valence-corrected chi connectivity index (χ0v) is 20.4. The Morgan fingerprint density at radius 2 is 2.20 bits per heavy atom. The number of hydrogen-bond acceptors (Lipinski definition) is 6. The van der Waals surface area contributed by atoms with E-state index in [9.17, 15) is 15.0 Å². The zero-order chi connectivity index (χ0) is 24.8. The highest BCUT2D eigenvalue weighted by molar-refractivity contribution is 5.91. The molecule has 1 saturated heterocycles. The van der Waals surface area contributed by atoms with Gasteiger partial charge in [0.15, 0.2) is 11.5 Å². The monoisotopic (exact) mass is 478 g/mol. The van der Waals surface area contributed by atoms with Gasteiger partial charge in [0, 0.05) is 48.3 Å². The Kier molecular flexibility index (Phi) is 6.01. The van der Waals surface area contributed by atoms with Crippen molar-refractivity contribution in [3.8, 4) is 11.5 Å². The molecule has 7 nitrogen and oxygen atoms in total. The molecule has 5 rings (SSSR count). The van der Waals surface area contributed by atoms with E-state index in [1.807, 2.05) is 19.2 Å². The van der Waals surface area contributed by atoms with Crippen molar-refractivity contribution in [2.45, 2.75) is 55.2 Å². The molecule has 0 unspecified atom stereocenters. The summed E-state index contributed by atoms with van der Waals surface area (Å²) in [5, 5.41) is 23.1. The van der Waals surface area contributed by atoms with Crippen molar-refractivity contribution >= 4 is 12.0 Å². The van der Waals surface area contributed by atoms with Crippen LogP contribution >= 0.6 is 0 Å². The van der Waals surface area contributed by atoms with Gasteiger partial charge in [-0.1, -0.05) is 12.1 Å². The molecule has 2 aliphatic carbocycles. The van der Waals surface area contributed by atoms with E-state index in [0.717, 1.165) is 23.2 Å². The van der Waals surface area contributed by atoms with Crippen LogP contribution in [0, 0.1) is 0 Å². The first-order valence-electron chi connectivity index (χ1n) is 12.3. The normalized spacial score (nSPS) is 29.9. The lowest BCUT2D eigenvalue weighted by Crippen LogP contribution is -2.74. The molecule has 3 aliphatic rings. The van der Waals surface area contributed by atoms with Crippen LogP contribution in [0.3, 0.4) is 0 Å². The summed E-state index contributed by atoms with van der Waals surface area (Å²) in [6.45, 7) is 5.45. The van der Waals surface area contributed by atoms with Crippen molar-refractivity contribution in [2.24, 2.45) is 0 Å². The third kappa shape index (κ3) is 3.60. The number of hydrogen-bond donors (Lipinski definition) is 2. The molecular weight excluding hydrogens is 444 g/mol. The summed E-state index contributed by atoms with van der Waals surface area (Å²) < 4.78 is 10.8. The molecule has 7 heteroatoms. The summed E-state index contributed by atoms with van der Waals surface area (Å²) >= 11 is 0. The molecule has 1 saturated carbocycles. The maximum Gasteiger partial charge on any atom is 0.246 e. The fourth-order valence-corrected chi connectivity index (χ4v) is 6.92. The van der Waals surface area contributed by atoms with Crippen LogP contribution < -0.4 is 4.74 Å². The summed E-state index contributed by atoms with van der Waals surface area (Å²) in [6.07, 6.45) is 11.7. The number of likely N-dealkylation sites (tertiary alicyclic amines) is 1. The minimum Gasteiger partial charge on any atom is -0.504 e. The Hall–Kier alpha value is -3.03. The van der Waals surface area contributed by atoms with Crippen molar-refractivity contribution in [3.63, 3.8) is 0 Å². The Balaban J connectivity index is 1.54. The summed E-state index contributed by atoms with van der Waals surface area (Å²) in [5.41, 5.74) is 1.23. The van der Waals surface area contributed by atoms with Crippen LogP contribution in [0.1, 0.15) is 42.4 Å². The van der Waals surface area contributed by atoms with Gasteiger partial charge in [0.2, 0.25) is 5.91 Å². The highest BCUT2D eigenvalue weighted by Crippen LogP contribution is 2.61. The van der Waals surface area contributed by atoms with Crippen molar-refractivity contribution < 1.29 is 24.2 Å². The van der Waals surface area contributed by atoms with Gasteiger partial charge in [0.1, 0.15) is 0 Å². The van der Waals surface area contributed by atoms with Gasteiger partial charge in [-0.2, -0.15) is 0 Å². The van der Waals surface area contributed by atoms with Crippen LogP contribution in [-0.4, -0.2) is 70.9 Å². The van der Waals surface area contributed by atoms with E-state index in [-0.39, 0.29) is 23.7 Å². The molecule has 2 bridgehead atoms. The predicted octanol–water partition coefficient (Wildman–Crippen LogP) is 3.50. The molecule has 1 aromatic carbocycles. The first kappa shape index (κ1) is 23.7. The Labute approximate surface area is 206 Å². The maximum absolute atomic E-state index is 13.1. The smallest absolute Gasteiger partial charge is 0.246 e. The van der Waals surface area contributed by atoms with Gasteiger partial charge >= 0.3 is 0 Å². The fraction of sp³-hybridized carbons (Fsp3) is 0.464. The molecule has 2 N–H and O–H groups in total. The fourth-order valence-electron chi connectivity index (χ4n) is 6.92. The molecule has 2 aromatic rings. The van der Waals surface area contributed by atoms with E-state index >= 15 is 0 Å². The number of aromatic hydroxyl groups is 1. The number of benzene rings is 1. The van der Waals surface area contributed by atoms with E-state index in [1.54, 1.807) is 48.8 Å². The van der Waals surface area contributed by atoms with Gasteiger partial charge < -0.3 is 24.3 Å². The molecule has 2 heterocycles. The largest absolute Gasteiger partial charge is 0.504 e. The zero-order valence-electron chi connectivity index (χ0n) is 20.4. The lowest BCUT2D eigenvalue weighted by Gasteiger charge is -2.65. The lowest BCUT2D eigenvalue weighted by molar-refractivity contribution is -0.175. The van der Waals surface area contributed by atoms with Crippen LogP contribution in [0.15, 0.2) is 53.9 Å². The summed E-state index contributed by atoms with van der Waals surface area (Å²) in [4.78, 5) is 17.2. The van der Waals surface area contributed by atoms with Gasteiger partial charge in [-0.25, -0.2) is 0 Å². The molecule has 0 radical (unpaired) electrons. The highest BCUT2D eigenvalue weighted by Gasteiger charge is 2.65. The molecule has 35 heavy (non-hydrogen) atoms. The predicted molar refractivity (Wildman–Crippen MR) is 133 cm³/mol. The van der Waals surface area contributed by atoms with E-state index in [0.29, 0.717) is 44.4 Å². The van der Waals surface area contributed by atoms with E-state index in [1.165, 1.54) is 0 Å². The van der Waals surface area contributed by atoms with Crippen LogP contribution in [0.5, 0.6) is 11.5 Å². The minimum atomic E-state index is -0.991. The molecule has 1 amide bonds. The molecule has 186 valence electrons. The molecule has 1 aromatic heterocycles. The van der Waals surface area contributed by atoms with Crippen LogP contribution in [0.4, 0.5) is 0 Å². The SMILES string of the molecule is C=CCN1CC[C@]23C[C@H](N(C)C(=O)/C=C/c4ccoc4)CC[C@@]2(O)[C@H]1Cc1ccc(O)c(OC)c13. The number of piperidine rings is 1. The number of methoxy groups -OCH3 is 1. The van der Waals surface area contributed by atoms with Crippen LogP contribution in [-0.2, 0) is 16.6 Å². The molecular formula is C28H34N2O5. The highest BCUT2D eigenvalue weighted by atomic mass is 16.5. The van der Waals surface area contributed by atoms with Gasteiger partial charge in [-0.05, 0) is 62.4 Å². The minimum absolute atomic E-state index is 0.0543. The Bertz CT molecular complexity index is 1140. The van der Waals surface area contributed by atoms with Crippen molar-refractivity contribution in [3.05, 3.63) is 66.1 Å². The summed E-state index contributed by atoms with van der Waals surface area (Å²) in [5.74, 6) is 0.452. The van der Waals surface area contributed by atoms with Crippen molar-refractivity contribution in [1.82, 2.24) is 9.80 Å². The second-order valence-electron chi connectivity index (χ2n) is 10.1. The molecule has 2 fully saturated rings. The van der Waals surface area contributed by atoms with Gasteiger partial charge in [-0.15, -0.1) is 6.58 Å². The van der Waals surface area contributed by atoms with E-state index < -0.39 is 11.0 Å². The Morgan fingerprint density at radius 1 is 1.37 bits per heavy atom. The van der Waals surface area contributed by atoms with Crippen LogP contribution in [0.25, 0.3) is 6.08 Å². The molecule has 1 aliphatic heterocycles. The second kappa shape index (κ2) is 8.88. The van der Waals surface area contributed by atoms with Gasteiger partial charge in [0.05, 0.1) is 25.2 Å². The number of aliphatic hydroxyl groups is 1. The number of phenolic OH excluding ortho intramolecular Hbond substituents is 1. The van der Waals surface area contributed by atoms with Crippen LogP contribution in [0.2, 0.25) is 0 Å². The third-order valence-corrected chi connectivity index (χ3v) is 8.63. The quantitative estimate of drug-likeness (QED) is 0.488. The second-order valence-corrected chi connectivity index (χ2v) is 10.1. The third-order valence-electron chi connectivity index (χ3n) is 8.63. The number of furan rings is 1. The summed E-state index contributed by atoms with van der Waals surface area (Å²) in [6, 6.07) is 5.34. The topological polar surface area (TPSA) is 86.4 Å². The first-order valence-corrected chi connectivity index (χ1v) is 12.3. The number of carbonyl (C=O) groups excluding carboxylic acids is 1.